The first kappa shape index (κ1) is 36.0. The number of hydrogen-bond acceptors (Lipinski definition) is 9. The average Bonchev–Trinajstić information content (AvgIpc) is 3.78. The Bertz CT molecular complexity index is 1950. The van der Waals surface area contributed by atoms with Gasteiger partial charge in [-0.05, 0) is 67.4 Å². The van der Waals surface area contributed by atoms with E-state index in [2.05, 4.69) is 20.8 Å². The third-order valence-electron chi connectivity index (χ3n) is 7.45. The molecule has 2 amide bonds. The van der Waals surface area contributed by atoms with Gasteiger partial charge < -0.3 is 20.1 Å². The monoisotopic (exact) mass is 738 g/mol. The zero-order valence-corrected chi connectivity index (χ0v) is 28.5. The highest BCUT2D eigenvalue weighted by molar-refractivity contribution is 7.99. The Labute approximate surface area is 289 Å². The number of nitrogens with one attached hydrogen (secondary N) is 2. The second kappa shape index (κ2) is 15.1. The molecule has 0 saturated carbocycles. The fraction of sp³-hybridized carbons (Fsp3) is 0.290. The summed E-state index contributed by atoms with van der Waals surface area (Å²) in [6.45, 7) is 0.767. The van der Waals surface area contributed by atoms with Crippen LogP contribution in [0.1, 0.15) is 34.6 Å². The molecule has 18 heteroatoms. The zero-order valence-electron chi connectivity index (χ0n) is 26.1. The molecular formula is C31H30ClF3N6O6S2. The van der Waals surface area contributed by atoms with Crippen molar-refractivity contribution >= 4 is 50.9 Å². The molecular weight excluding hydrogens is 709 g/mol. The fourth-order valence-electron chi connectivity index (χ4n) is 4.95. The number of ether oxygens (including phenoxy) is 2. The van der Waals surface area contributed by atoms with Crippen LogP contribution in [-0.4, -0.2) is 72.4 Å². The van der Waals surface area contributed by atoms with Crippen LogP contribution in [0.4, 0.5) is 18.9 Å². The number of nitrogens with zero attached hydrogens (tertiary/aromatic N) is 4. The molecule has 3 aromatic carbocycles. The maximum Gasteiger partial charge on any atom is 0.416 e. The predicted octanol–water partition coefficient (Wildman–Crippen LogP) is 5.40. The van der Waals surface area contributed by atoms with Crippen molar-refractivity contribution in [1.29, 1.82) is 0 Å². The Hall–Kier alpha value is -4.32. The second-order valence-electron chi connectivity index (χ2n) is 10.6. The highest BCUT2D eigenvalue weighted by Gasteiger charge is 2.31. The number of aromatic nitrogens is 3. The molecule has 1 aliphatic heterocycles. The van der Waals surface area contributed by atoms with E-state index in [0.717, 1.165) is 42.8 Å². The molecule has 2 N–H and O–H groups in total. The summed E-state index contributed by atoms with van der Waals surface area (Å²) in [7, 11) is -0.727. The number of methoxy groups -OCH3 is 2. The van der Waals surface area contributed by atoms with Gasteiger partial charge in [0.1, 0.15) is 11.5 Å². The zero-order chi connectivity index (χ0) is 35.3. The Balaban J connectivity index is 1.35. The molecule has 49 heavy (non-hydrogen) atoms. The van der Waals surface area contributed by atoms with Crippen LogP contribution in [-0.2, 0) is 27.5 Å². The maximum absolute atomic E-state index is 13.2. The van der Waals surface area contributed by atoms with E-state index >= 15 is 0 Å². The third kappa shape index (κ3) is 8.29. The highest BCUT2D eigenvalue weighted by atomic mass is 35.5. The van der Waals surface area contributed by atoms with Crippen molar-refractivity contribution < 1.29 is 40.7 Å². The number of carbonyl (C=O) groups is 2. The van der Waals surface area contributed by atoms with E-state index in [1.807, 2.05) is 0 Å². The number of hydrogen-bond donors (Lipinski definition) is 2. The summed E-state index contributed by atoms with van der Waals surface area (Å²) in [5.74, 6) is -0.402. The van der Waals surface area contributed by atoms with E-state index < -0.39 is 33.6 Å². The summed E-state index contributed by atoms with van der Waals surface area (Å²) in [5.41, 5.74) is -0.552. The average molecular weight is 739 g/mol. The van der Waals surface area contributed by atoms with Crippen LogP contribution in [0.2, 0.25) is 5.02 Å². The van der Waals surface area contributed by atoms with Crippen LogP contribution in [0, 0.1) is 0 Å². The molecule has 0 atom stereocenters. The highest BCUT2D eigenvalue weighted by Crippen LogP contribution is 2.35. The molecule has 0 bridgehead atoms. The van der Waals surface area contributed by atoms with E-state index in [1.54, 1.807) is 22.8 Å². The lowest BCUT2D eigenvalue weighted by molar-refractivity contribution is -0.137. The topological polar surface area (TPSA) is 145 Å². The molecule has 1 fully saturated rings. The Kier molecular flexibility index (Phi) is 11.1. The summed E-state index contributed by atoms with van der Waals surface area (Å²) in [6, 6.07) is 13.2. The van der Waals surface area contributed by atoms with Crippen molar-refractivity contribution in [3.8, 4) is 17.2 Å². The van der Waals surface area contributed by atoms with Gasteiger partial charge in [0.05, 0.1) is 53.4 Å². The van der Waals surface area contributed by atoms with Gasteiger partial charge in [-0.25, -0.2) is 8.42 Å². The number of alkyl halides is 3. The van der Waals surface area contributed by atoms with Gasteiger partial charge in [0, 0.05) is 24.7 Å². The Morgan fingerprint density at radius 1 is 0.980 bits per heavy atom. The number of thioether (sulfide) groups is 1. The molecule has 1 aromatic heterocycles. The van der Waals surface area contributed by atoms with Crippen LogP contribution in [0.5, 0.6) is 11.5 Å². The van der Waals surface area contributed by atoms with Crippen LogP contribution in [0.25, 0.3) is 5.69 Å². The van der Waals surface area contributed by atoms with Crippen molar-refractivity contribution in [1.82, 2.24) is 24.4 Å². The lowest BCUT2D eigenvalue weighted by Gasteiger charge is -2.16. The van der Waals surface area contributed by atoms with E-state index in [9.17, 15) is 31.2 Å². The third-order valence-corrected chi connectivity index (χ3v) is 10.6. The predicted molar refractivity (Wildman–Crippen MR) is 176 cm³/mol. The number of halogens is 4. The number of rotatable bonds is 12. The number of anilines is 1. The normalized spacial score (nSPS) is 13.7. The number of sulfonamides is 1. The van der Waals surface area contributed by atoms with Gasteiger partial charge in [-0.3, -0.25) is 14.2 Å². The molecule has 1 saturated heterocycles. The quantitative estimate of drug-likeness (QED) is 0.183. The van der Waals surface area contributed by atoms with Crippen LogP contribution in [0.15, 0.2) is 70.7 Å². The van der Waals surface area contributed by atoms with Crippen LogP contribution >= 0.6 is 23.4 Å². The van der Waals surface area contributed by atoms with Crippen molar-refractivity contribution in [2.24, 2.45) is 0 Å². The number of benzene rings is 3. The molecule has 0 unspecified atom stereocenters. The Morgan fingerprint density at radius 3 is 2.35 bits per heavy atom. The van der Waals surface area contributed by atoms with Gasteiger partial charge >= 0.3 is 6.18 Å². The van der Waals surface area contributed by atoms with Gasteiger partial charge in [-0.15, -0.1) is 10.2 Å². The van der Waals surface area contributed by atoms with E-state index in [-0.39, 0.29) is 44.4 Å². The molecule has 5 rings (SSSR count). The van der Waals surface area contributed by atoms with Gasteiger partial charge in [0.25, 0.3) is 5.91 Å². The summed E-state index contributed by atoms with van der Waals surface area (Å²) in [4.78, 5) is 26.0. The van der Waals surface area contributed by atoms with Crippen molar-refractivity contribution in [2.75, 3.05) is 38.4 Å². The molecule has 0 radical (unpaired) electrons. The molecule has 260 valence electrons. The van der Waals surface area contributed by atoms with E-state index in [1.165, 1.54) is 42.8 Å². The maximum atomic E-state index is 13.2. The molecule has 0 aliphatic carbocycles. The smallest absolute Gasteiger partial charge is 0.416 e. The first-order valence-electron chi connectivity index (χ1n) is 14.7. The minimum absolute atomic E-state index is 0.0727. The summed E-state index contributed by atoms with van der Waals surface area (Å²) in [5, 5.41) is 13.7. The first-order chi connectivity index (χ1) is 23.3. The summed E-state index contributed by atoms with van der Waals surface area (Å²) < 4.78 is 79.2. The standard InChI is InChI=1S/C31H30ClF3N6O6S2/c1-46-21-8-12-26(47-2)25(16-21)41-27(17-36-29(43)19-5-9-22(10-6-19)49(44,45)40-13-3-4-14-40)38-39-30(41)48-18-28(42)37-24-15-20(31(33,34)35)7-11-23(24)32/h5-12,15-16H,3-4,13-14,17-18H2,1-2H3,(H,36,43)(H,37,42). The number of amides is 2. The number of carbonyl (C=O) groups excluding carboxylic acids is 2. The molecule has 4 aromatic rings. The van der Waals surface area contributed by atoms with E-state index in [4.69, 9.17) is 21.1 Å². The Morgan fingerprint density at radius 2 is 1.69 bits per heavy atom. The molecule has 0 spiro atoms. The lowest BCUT2D eigenvalue weighted by atomic mass is 10.2. The SMILES string of the molecule is COc1ccc(OC)c(-n2c(CNC(=O)c3ccc(S(=O)(=O)N4CCCC4)cc3)nnc2SCC(=O)Nc2cc(C(F)(F)F)ccc2Cl)c1. The molecule has 1 aliphatic rings. The van der Waals surface area contributed by atoms with Crippen LogP contribution < -0.4 is 20.1 Å². The van der Waals surface area contributed by atoms with E-state index in [0.29, 0.717) is 30.3 Å². The summed E-state index contributed by atoms with van der Waals surface area (Å²) in [6.07, 6.45) is -3.03. The van der Waals surface area contributed by atoms with Crippen LogP contribution in [0.3, 0.4) is 0 Å². The minimum Gasteiger partial charge on any atom is -0.497 e. The van der Waals surface area contributed by atoms with Gasteiger partial charge in [-0.2, -0.15) is 17.5 Å². The second-order valence-corrected chi connectivity index (χ2v) is 13.9. The van der Waals surface area contributed by atoms with Crippen molar-refractivity contribution in [3.05, 3.63) is 82.6 Å². The van der Waals surface area contributed by atoms with Gasteiger partial charge in [0.15, 0.2) is 11.0 Å². The first-order valence-corrected chi connectivity index (χ1v) is 17.5. The van der Waals surface area contributed by atoms with Gasteiger partial charge in [-0.1, -0.05) is 23.4 Å². The van der Waals surface area contributed by atoms with Crippen molar-refractivity contribution in [2.45, 2.75) is 35.6 Å². The summed E-state index contributed by atoms with van der Waals surface area (Å²) >= 11 is 6.96. The molecule has 2 heterocycles. The molecule has 12 nitrogen and oxygen atoms in total. The largest absolute Gasteiger partial charge is 0.497 e. The van der Waals surface area contributed by atoms with Gasteiger partial charge in [0.2, 0.25) is 15.9 Å². The minimum atomic E-state index is -4.63. The lowest BCUT2D eigenvalue weighted by Crippen LogP contribution is -2.28. The fourth-order valence-corrected chi connectivity index (χ4v) is 7.40. The van der Waals surface area contributed by atoms with Crippen molar-refractivity contribution in [3.63, 3.8) is 0 Å².